The fourth-order valence-electron chi connectivity index (χ4n) is 1.79. The summed E-state index contributed by atoms with van der Waals surface area (Å²) in [6, 6.07) is 14.5. The summed E-state index contributed by atoms with van der Waals surface area (Å²) in [5, 5.41) is 5.28. The molecule has 0 saturated heterocycles. The molecule has 0 fully saturated rings. The molecule has 2 aromatic carbocycles. The van der Waals surface area contributed by atoms with Crippen molar-refractivity contribution in [3.63, 3.8) is 0 Å². The van der Waals surface area contributed by atoms with E-state index in [1.165, 1.54) is 10.8 Å². The monoisotopic (exact) mass is 274 g/mol. The minimum absolute atomic E-state index is 0.0617. The molecule has 19 heavy (non-hydrogen) atoms. The Morgan fingerprint density at radius 2 is 1.95 bits per heavy atom. The van der Waals surface area contributed by atoms with E-state index in [-0.39, 0.29) is 5.91 Å². The second-order valence-corrected chi connectivity index (χ2v) is 5.34. The van der Waals surface area contributed by atoms with Gasteiger partial charge in [0, 0.05) is 11.4 Å². The minimum Gasteiger partial charge on any atom is -0.355 e. The van der Waals surface area contributed by atoms with E-state index in [2.05, 4.69) is 35.6 Å². The summed E-state index contributed by atoms with van der Waals surface area (Å²) in [5.41, 5.74) is 5.38. The summed E-state index contributed by atoms with van der Waals surface area (Å²) in [7, 11) is 0. The van der Waals surface area contributed by atoms with Gasteiger partial charge in [-0.15, -0.1) is 11.8 Å². The smallest absolute Gasteiger partial charge is 0.230 e. The summed E-state index contributed by atoms with van der Waals surface area (Å²) in [6.07, 6.45) is 0.826. The molecule has 2 rings (SSSR count). The van der Waals surface area contributed by atoms with E-state index in [0.29, 0.717) is 18.8 Å². The zero-order valence-electron chi connectivity index (χ0n) is 10.8. The third-order valence-corrected chi connectivity index (χ3v) is 3.79. The molecule has 100 valence electrons. The van der Waals surface area contributed by atoms with Gasteiger partial charge in [0.1, 0.15) is 0 Å². The van der Waals surface area contributed by atoms with Crippen molar-refractivity contribution in [1.82, 2.24) is 5.32 Å². The molecule has 3 nitrogen and oxygen atoms in total. The Balaban J connectivity index is 1.89. The fraction of sp³-hybridized carbons (Fsp3) is 0.267. The van der Waals surface area contributed by atoms with Crippen LogP contribution in [0.1, 0.15) is 6.42 Å². The molecule has 0 unspecified atom stereocenters. The van der Waals surface area contributed by atoms with Crippen LogP contribution in [0.3, 0.4) is 0 Å². The number of carbonyl (C=O) groups is 1. The van der Waals surface area contributed by atoms with E-state index in [0.717, 1.165) is 11.3 Å². The van der Waals surface area contributed by atoms with Gasteiger partial charge in [-0.3, -0.25) is 4.79 Å². The van der Waals surface area contributed by atoms with Gasteiger partial charge < -0.3 is 11.1 Å². The molecule has 1 amide bonds. The number of carbonyl (C=O) groups excluding carboxylic acids is 1. The highest BCUT2D eigenvalue weighted by molar-refractivity contribution is 8.00. The lowest BCUT2D eigenvalue weighted by atomic mass is 10.1. The van der Waals surface area contributed by atoms with Gasteiger partial charge in [-0.2, -0.15) is 0 Å². The molecule has 0 aromatic heterocycles. The number of thioether (sulfide) groups is 1. The summed E-state index contributed by atoms with van der Waals surface area (Å²) in [6.45, 7) is 1.27. The molecule has 2 aromatic rings. The van der Waals surface area contributed by atoms with Crippen LogP contribution < -0.4 is 11.1 Å². The van der Waals surface area contributed by atoms with Gasteiger partial charge in [0.15, 0.2) is 0 Å². The van der Waals surface area contributed by atoms with Gasteiger partial charge in [-0.05, 0) is 35.9 Å². The molecule has 0 aliphatic heterocycles. The topological polar surface area (TPSA) is 55.1 Å². The van der Waals surface area contributed by atoms with Gasteiger partial charge in [0.05, 0.1) is 5.75 Å². The van der Waals surface area contributed by atoms with E-state index >= 15 is 0 Å². The summed E-state index contributed by atoms with van der Waals surface area (Å²) in [4.78, 5) is 12.7. The fourth-order valence-corrected chi connectivity index (χ4v) is 2.56. The summed E-state index contributed by atoms with van der Waals surface area (Å²) in [5.74, 6) is 0.509. The van der Waals surface area contributed by atoms with Crippen LogP contribution in [0.25, 0.3) is 10.8 Å². The Bertz CT molecular complexity index is 557. The van der Waals surface area contributed by atoms with Gasteiger partial charge in [0.2, 0.25) is 5.91 Å². The van der Waals surface area contributed by atoms with Crippen LogP contribution in [-0.4, -0.2) is 24.7 Å². The van der Waals surface area contributed by atoms with Crippen LogP contribution in [0, 0.1) is 0 Å². The zero-order chi connectivity index (χ0) is 13.5. The first-order chi connectivity index (χ1) is 9.29. The van der Waals surface area contributed by atoms with Crippen molar-refractivity contribution in [2.24, 2.45) is 5.73 Å². The lowest BCUT2D eigenvalue weighted by Gasteiger charge is -2.05. The molecule has 0 atom stereocenters. The predicted molar refractivity (Wildman–Crippen MR) is 81.4 cm³/mol. The van der Waals surface area contributed by atoms with Crippen LogP contribution in [0.2, 0.25) is 0 Å². The largest absolute Gasteiger partial charge is 0.355 e. The third-order valence-electron chi connectivity index (χ3n) is 2.79. The maximum absolute atomic E-state index is 11.6. The van der Waals surface area contributed by atoms with E-state index in [1.807, 2.05) is 12.1 Å². The molecule has 0 bridgehead atoms. The Hall–Kier alpha value is -1.52. The van der Waals surface area contributed by atoms with Crippen molar-refractivity contribution in [2.45, 2.75) is 11.3 Å². The second-order valence-electron chi connectivity index (χ2n) is 4.29. The third kappa shape index (κ3) is 4.26. The van der Waals surface area contributed by atoms with Gasteiger partial charge >= 0.3 is 0 Å². The number of nitrogens with one attached hydrogen (secondary N) is 1. The molecular formula is C15H18N2OS. The maximum Gasteiger partial charge on any atom is 0.230 e. The molecule has 0 radical (unpaired) electrons. The predicted octanol–water partition coefficient (Wildman–Crippen LogP) is 2.40. The van der Waals surface area contributed by atoms with E-state index < -0.39 is 0 Å². The van der Waals surface area contributed by atoms with Crippen LogP contribution >= 0.6 is 11.8 Å². The molecule has 0 spiro atoms. The Labute approximate surface area is 117 Å². The van der Waals surface area contributed by atoms with Gasteiger partial charge in [-0.25, -0.2) is 0 Å². The van der Waals surface area contributed by atoms with Crippen molar-refractivity contribution in [3.05, 3.63) is 42.5 Å². The van der Waals surface area contributed by atoms with E-state index in [4.69, 9.17) is 5.73 Å². The Kier molecular flexibility index (Phi) is 5.24. The molecule has 0 aliphatic carbocycles. The van der Waals surface area contributed by atoms with Gasteiger partial charge in [-0.1, -0.05) is 30.3 Å². The highest BCUT2D eigenvalue weighted by atomic mass is 32.2. The van der Waals surface area contributed by atoms with Crippen LogP contribution in [0.5, 0.6) is 0 Å². The number of rotatable bonds is 6. The normalized spacial score (nSPS) is 10.6. The van der Waals surface area contributed by atoms with E-state index in [9.17, 15) is 4.79 Å². The van der Waals surface area contributed by atoms with Gasteiger partial charge in [0.25, 0.3) is 0 Å². The number of benzene rings is 2. The van der Waals surface area contributed by atoms with E-state index in [1.54, 1.807) is 11.8 Å². The van der Waals surface area contributed by atoms with Crippen molar-refractivity contribution in [3.8, 4) is 0 Å². The van der Waals surface area contributed by atoms with Crippen molar-refractivity contribution in [1.29, 1.82) is 0 Å². The van der Waals surface area contributed by atoms with Crippen LogP contribution in [0.15, 0.2) is 47.4 Å². The number of hydrogen-bond acceptors (Lipinski definition) is 3. The first-order valence-electron chi connectivity index (χ1n) is 6.38. The van der Waals surface area contributed by atoms with Crippen LogP contribution in [-0.2, 0) is 4.79 Å². The highest BCUT2D eigenvalue weighted by Gasteiger charge is 2.02. The van der Waals surface area contributed by atoms with Crippen molar-refractivity contribution >= 4 is 28.4 Å². The van der Waals surface area contributed by atoms with Crippen LogP contribution in [0.4, 0.5) is 0 Å². The minimum atomic E-state index is 0.0617. The number of nitrogens with two attached hydrogens (primary N) is 1. The Morgan fingerprint density at radius 3 is 2.74 bits per heavy atom. The summed E-state index contributed by atoms with van der Waals surface area (Å²) < 4.78 is 0. The molecular weight excluding hydrogens is 256 g/mol. The SMILES string of the molecule is NCCCNC(=O)CSc1ccc2ccccc2c1. The average molecular weight is 274 g/mol. The number of amides is 1. The zero-order valence-corrected chi connectivity index (χ0v) is 11.6. The maximum atomic E-state index is 11.6. The molecule has 0 heterocycles. The van der Waals surface area contributed by atoms with Crippen molar-refractivity contribution < 1.29 is 4.79 Å². The second kappa shape index (κ2) is 7.16. The molecule has 4 heteroatoms. The summed E-state index contributed by atoms with van der Waals surface area (Å²) >= 11 is 1.56. The standard InChI is InChI=1S/C15H18N2OS/c16-8-3-9-17-15(18)11-19-14-7-6-12-4-1-2-5-13(12)10-14/h1-2,4-7,10H,3,8-9,11,16H2,(H,17,18). The number of hydrogen-bond donors (Lipinski definition) is 2. The first kappa shape index (κ1) is 13.9. The average Bonchev–Trinajstić information content (AvgIpc) is 2.45. The lowest BCUT2D eigenvalue weighted by Crippen LogP contribution is -2.27. The first-order valence-corrected chi connectivity index (χ1v) is 7.36. The number of fused-ring (bicyclic) bond motifs is 1. The molecule has 3 N–H and O–H groups in total. The van der Waals surface area contributed by atoms with Crippen molar-refractivity contribution in [2.75, 3.05) is 18.8 Å². The lowest BCUT2D eigenvalue weighted by molar-refractivity contribution is -0.118. The quantitative estimate of drug-likeness (QED) is 0.628. The highest BCUT2D eigenvalue weighted by Crippen LogP contribution is 2.23. The molecule has 0 saturated carbocycles. The molecule has 0 aliphatic rings. The Morgan fingerprint density at radius 1 is 1.16 bits per heavy atom.